The van der Waals surface area contributed by atoms with Gasteiger partial charge in [-0.15, -0.1) is 0 Å². The van der Waals surface area contributed by atoms with Crippen LogP contribution in [0.5, 0.6) is 0 Å². The average Bonchev–Trinajstić information content (AvgIpc) is 2.56. The molecule has 1 aromatic heterocycles. The third-order valence-electron chi connectivity index (χ3n) is 2.14. The normalized spacial score (nSPS) is 13.3. The van der Waals surface area contributed by atoms with Crippen LogP contribution in [0.15, 0.2) is 16.6 Å². The summed E-state index contributed by atoms with van der Waals surface area (Å²) in [5.74, 6) is -1.33. The number of hydrogen-bond donors (Lipinski definition) is 1. The molecular weight excluding hydrogens is 330 g/mol. The van der Waals surface area contributed by atoms with Crippen LogP contribution in [-0.4, -0.2) is 9.97 Å². The van der Waals surface area contributed by atoms with E-state index in [1.807, 2.05) is 4.98 Å². The van der Waals surface area contributed by atoms with E-state index in [0.717, 1.165) is 6.07 Å². The van der Waals surface area contributed by atoms with E-state index in [9.17, 15) is 26.3 Å². The number of hydrogen-bond acceptors (Lipinski definition) is 1. The highest BCUT2D eigenvalue weighted by molar-refractivity contribution is 9.10. The van der Waals surface area contributed by atoms with Gasteiger partial charge in [0.1, 0.15) is 0 Å². The number of nitrogens with zero attached hydrogens (tertiary/aromatic N) is 1. The molecule has 2 nitrogen and oxygen atoms in total. The SMILES string of the molecule is FC(F)(F)c1nc2cc(Br)c(C(F)(F)F)cc2[nH]1. The molecule has 0 amide bonds. The van der Waals surface area contributed by atoms with Crippen molar-refractivity contribution in [2.45, 2.75) is 12.4 Å². The molecule has 0 aliphatic carbocycles. The predicted octanol–water partition coefficient (Wildman–Crippen LogP) is 4.36. The molecule has 9 heteroatoms. The van der Waals surface area contributed by atoms with E-state index >= 15 is 0 Å². The topological polar surface area (TPSA) is 28.7 Å². The fourth-order valence-corrected chi connectivity index (χ4v) is 1.94. The molecule has 0 unspecified atom stereocenters. The Balaban J connectivity index is 2.65. The zero-order chi connectivity index (χ0) is 13.7. The van der Waals surface area contributed by atoms with Crippen molar-refractivity contribution < 1.29 is 26.3 Å². The Hall–Kier alpha value is -1.25. The first-order valence-electron chi connectivity index (χ1n) is 4.42. The van der Waals surface area contributed by atoms with Crippen molar-refractivity contribution in [1.29, 1.82) is 0 Å². The van der Waals surface area contributed by atoms with Crippen LogP contribution in [0.4, 0.5) is 26.3 Å². The fraction of sp³-hybridized carbons (Fsp3) is 0.222. The van der Waals surface area contributed by atoms with Gasteiger partial charge in [0.05, 0.1) is 16.6 Å². The van der Waals surface area contributed by atoms with Gasteiger partial charge in [-0.25, -0.2) is 4.98 Å². The number of fused-ring (bicyclic) bond motifs is 1. The van der Waals surface area contributed by atoms with Gasteiger partial charge in [-0.05, 0) is 12.1 Å². The third-order valence-corrected chi connectivity index (χ3v) is 2.80. The van der Waals surface area contributed by atoms with Crippen LogP contribution < -0.4 is 0 Å². The van der Waals surface area contributed by atoms with Gasteiger partial charge in [-0.3, -0.25) is 0 Å². The van der Waals surface area contributed by atoms with E-state index in [-0.39, 0.29) is 15.5 Å². The number of aromatic nitrogens is 2. The van der Waals surface area contributed by atoms with Gasteiger partial charge in [-0.2, -0.15) is 26.3 Å². The van der Waals surface area contributed by atoms with E-state index in [4.69, 9.17) is 0 Å². The average molecular weight is 333 g/mol. The summed E-state index contributed by atoms with van der Waals surface area (Å²) < 4.78 is 74.2. The Morgan fingerprint density at radius 3 is 2.11 bits per heavy atom. The van der Waals surface area contributed by atoms with Gasteiger partial charge < -0.3 is 4.98 Å². The third kappa shape index (κ3) is 2.31. The lowest BCUT2D eigenvalue weighted by Gasteiger charge is -2.08. The number of nitrogens with one attached hydrogen (secondary N) is 1. The highest BCUT2D eigenvalue weighted by atomic mass is 79.9. The molecule has 0 fully saturated rings. The molecule has 0 bridgehead atoms. The highest BCUT2D eigenvalue weighted by Crippen LogP contribution is 2.37. The van der Waals surface area contributed by atoms with Gasteiger partial charge in [-0.1, -0.05) is 15.9 Å². The first-order valence-corrected chi connectivity index (χ1v) is 5.22. The van der Waals surface area contributed by atoms with Crippen LogP contribution >= 0.6 is 15.9 Å². The summed E-state index contributed by atoms with van der Waals surface area (Å²) in [6, 6.07) is 1.48. The molecule has 0 radical (unpaired) electrons. The minimum absolute atomic E-state index is 0.192. The maximum Gasteiger partial charge on any atom is 0.449 e. The molecule has 98 valence electrons. The van der Waals surface area contributed by atoms with Gasteiger partial charge in [0.15, 0.2) is 0 Å². The predicted molar refractivity (Wildman–Crippen MR) is 53.8 cm³/mol. The molecule has 1 aromatic carbocycles. The molecule has 0 aliphatic rings. The maximum absolute atomic E-state index is 12.5. The van der Waals surface area contributed by atoms with E-state index in [2.05, 4.69) is 20.9 Å². The second kappa shape index (κ2) is 3.87. The van der Waals surface area contributed by atoms with Crippen molar-refractivity contribution in [1.82, 2.24) is 9.97 Å². The van der Waals surface area contributed by atoms with Crippen LogP contribution in [-0.2, 0) is 12.4 Å². The molecule has 2 aromatic rings. The van der Waals surface area contributed by atoms with Gasteiger partial charge >= 0.3 is 12.4 Å². The Morgan fingerprint density at radius 2 is 1.61 bits per heavy atom. The lowest BCUT2D eigenvalue weighted by molar-refractivity contribution is -0.144. The Morgan fingerprint density at radius 1 is 1.00 bits per heavy atom. The van der Waals surface area contributed by atoms with Crippen LogP contribution in [0.2, 0.25) is 0 Å². The van der Waals surface area contributed by atoms with E-state index in [1.54, 1.807) is 0 Å². The van der Waals surface area contributed by atoms with E-state index < -0.39 is 23.7 Å². The van der Waals surface area contributed by atoms with E-state index in [0.29, 0.717) is 6.07 Å². The van der Waals surface area contributed by atoms with E-state index in [1.165, 1.54) is 0 Å². The molecular formula is C9H3BrF6N2. The van der Waals surface area contributed by atoms with Crippen molar-refractivity contribution in [2.75, 3.05) is 0 Å². The largest absolute Gasteiger partial charge is 0.449 e. The Kier molecular flexibility index (Phi) is 2.84. The summed E-state index contributed by atoms with van der Waals surface area (Å²) >= 11 is 2.66. The highest BCUT2D eigenvalue weighted by Gasteiger charge is 2.37. The van der Waals surface area contributed by atoms with Crippen LogP contribution in [0.25, 0.3) is 11.0 Å². The number of benzene rings is 1. The second-order valence-electron chi connectivity index (χ2n) is 3.43. The standard InChI is InChI=1S/C9H3BrF6N2/c10-4-2-6-5(1-3(4)8(11,12)13)17-7(18-6)9(14,15)16/h1-2H,(H,17,18). The van der Waals surface area contributed by atoms with Gasteiger partial charge in [0.25, 0.3) is 0 Å². The van der Waals surface area contributed by atoms with Crippen LogP contribution in [0, 0.1) is 0 Å². The molecule has 0 saturated carbocycles. The summed E-state index contributed by atoms with van der Waals surface area (Å²) in [4.78, 5) is 5.01. The van der Waals surface area contributed by atoms with Gasteiger partial charge in [0, 0.05) is 4.47 Å². The molecule has 0 atom stereocenters. The summed E-state index contributed by atoms with van der Waals surface area (Å²) in [6.07, 6.45) is -9.39. The lowest BCUT2D eigenvalue weighted by Crippen LogP contribution is -2.06. The lowest BCUT2D eigenvalue weighted by atomic mass is 10.2. The number of H-pyrrole nitrogens is 1. The number of alkyl halides is 6. The number of halogens is 7. The molecule has 1 N–H and O–H groups in total. The minimum atomic E-state index is -4.73. The minimum Gasteiger partial charge on any atom is -0.334 e. The van der Waals surface area contributed by atoms with Crippen LogP contribution in [0.3, 0.4) is 0 Å². The summed E-state index contributed by atoms with van der Waals surface area (Å²) in [6.45, 7) is 0. The Bertz CT molecular complexity index is 597. The maximum atomic E-state index is 12.5. The van der Waals surface area contributed by atoms with Crippen molar-refractivity contribution in [3.8, 4) is 0 Å². The van der Waals surface area contributed by atoms with Crippen molar-refractivity contribution in [3.05, 3.63) is 28.0 Å². The quantitative estimate of drug-likeness (QED) is 0.713. The smallest absolute Gasteiger partial charge is 0.334 e. The number of imidazole rings is 1. The zero-order valence-electron chi connectivity index (χ0n) is 8.25. The van der Waals surface area contributed by atoms with Crippen molar-refractivity contribution >= 4 is 27.0 Å². The monoisotopic (exact) mass is 332 g/mol. The molecule has 2 rings (SSSR count). The first kappa shape index (κ1) is 13.2. The number of aromatic amines is 1. The summed E-state index contributed by atoms with van der Waals surface area (Å²) in [7, 11) is 0. The van der Waals surface area contributed by atoms with Crippen molar-refractivity contribution in [3.63, 3.8) is 0 Å². The van der Waals surface area contributed by atoms with Gasteiger partial charge in [0.2, 0.25) is 5.82 Å². The Labute approximate surface area is 104 Å². The fourth-order valence-electron chi connectivity index (χ4n) is 1.38. The van der Waals surface area contributed by atoms with Crippen LogP contribution in [0.1, 0.15) is 11.4 Å². The molecule has 1 heterocycles. The molecule has 0 aliphatic heterocycles. The zero-order valence-corrected chi connectivity index (χ0v) is 9.83. The van der Waals surface area contributed by atoms with Crippen molar-refractivity contribution in [2.24, 2.45) is 0 Å². The second-order valence-corrected chi connectivity index (χ2v) is 4.28. The molecule has 0 spiro atoms. The first-order chi connectivity index (χ1) is 8.09. The number of rotatable bonds is 0. The molecule has 0 saturated heterocycles. The summed E-state index contributed by atoms with van der Waals surface area (Å²) in [5, 5.41) is 0. The summed E-state index contributed by atoms with van der Waals surface area (Å²) in [5.41, 5.74) is -1.58. The molecule has 18 heavy (non-hydrogen) atoms.